The summed E-state index contributed by atoms with van der Waals surface area (Å²) < 4.78 is 41.7. The second kappa shape index (κ2) is 52.3. The van der Waals surface area contributed by atoms with Crippen LogP contribution in [0.2, 0.25) is 0 Å². The number of hydrogen-bond donors (Lipinski definition) is 0. The Labute approximate surface area is 452 Å². The molecule has 3 atom stereocenters. The van der Waals surface area contributed by atoms with Gasteiger partial charge in [0.2, 0.25) is 5.91 Å². The van der Waals surface area contributed by atoms with Crippen LogP contribution in [0.25, 0.3) is 0 Å². The molecule has 1 amide bonds. The van der Waals surface area contributed by atoms with Gasteiger partial charge in [-0.1, -0.05) is 247 Å². The van der Waals surface area contributed by atoms with Crippen molar-refractivity contribution < 1.29 is 32.6 Å². The van der Waals surface area contributed by atoms with Crippen molar-refractivity contribution in [2.45, 2.75) is 342 Å². The molecule has 0 saturated carbocycles. The van der Waals surface area contributed by atoms with E-state index in [0.29, 0.717) is 38.3 Å². The van der Waals surface area contributed by atoms with E-state index < -0.39 is 18.3 Å². The van der Waals surface area contributed by atoms with Crippen LogP contribution >= 0.6 is 0 Å². The van der Waals surface area contributed by atoms with Crippen molar-refractivity contribution >= 4 is 17.8 Å². The molecule has 0 rings (SSSR count). The number of hydrogen-bond acceptors (Lipinski definition) is 6. The highest BCUT2D eigenvalue weighted by atomic mass is 19.3. The van der Waals surface area contributed by atoms with Crippen LogP contribution in [0, 0.1) is 11.8 Å². The van der Waals surface area contributed by atoms with Crippen LogP contribution in [0.3, 0.4) is 0 Å². The van der Waals surface area contributed by atoms with Crippen molar-refractivity contribution in [2.75, 3.05) is 40.4 Å². The van der Waals surface area contributed by atoms with E-state index in [-0.39, 0.29) is 36.9 Å². The van der Waals surface area contributed by atoms with E-state index in [1.807, 2.05) is 14.1 Å². The average molecular weight is 1040 g/mol. The number of alkyl halides is 2. The molecule has 0 N–H and O–H groups in total. The number of ether oxygens (including phenoxy) is 2. The van der Waals surface area contributed by atoms with Crippen LogP contribution < -0.4 is 0 Å². The molecule has 0 radical (unpaired) electrons. The first-order valence-electron chi connectivity index (χ1n) is 32.1. The Hall–Kier alpha value is -1.77. The molecule has 0 aromatic carbocycles. The molecule has 9 heteroatoms. The van der Waals surface area contributed by atoms with Gasteiger partial charge >= 0.3 is 17.9 Å². The molecule has 0 aliphatic rings. The summed E-state index contributed by atoms with van der Waals surface area (Å²) in [5.41, 5.74) is 0. The summed E-state index contributed by atoms with van der Waals surface area (Å²) in [5.74, 6) is -4.05. The maximum Gasteiger partial charge on any atom is 0.376 e. The van der Waals surface area contributed by atoms with Crippen molar-refractivity contribution in [1.29, 1.82) is 0 Å². The minimum atomic E-state index is -3.48. The molecule has 0 saturated heterocycles. The van der Waals surface area contributed by atoms with Crippen molar-refractivity contribution in [3.05, 3.63) is 0 Å². The Morgan fingerprint density at radius 1 is 0.397 bits per heavy atom. The predicted octanol–water partition coefficient (Wildman–Crippen LogP) is 19.7. The van der Waals surface area contributed by atoms with E-state index in [1.165, 1.54) is 141 Å². The summed E-state index contributed by atoms with van der Waals surface area (Å²) in [6.07, 6.45) is 48.0. The third-order valence-electron chi connectivity index (χ3n) is 15.5. The molecule has 434 valence electrons. The van der Waals surface area contributed by atoms with Gasteiger partial charge in [0.15, 0.2) is 0 Å². The van der Waals surface area contributed by atoms with Gasteiger partial charge in [0, 0.05) is 31.8 Å². The lowest BCUT2D eigenvalue weighted by molar-refractivity contribution is -0.174. The lowest BCUT2D eigenvalue weighted by Gasteiger charge is -2.33. The predicted molar refractivity (Wildman–Crippen MR) is 309 cm³/mol. The molecular weight excluding hydrogens is 915 g/mol. The smallest absolute Gasteiger partial charge is 0.376 e. The van der Waals surface area contributed by atoms with Crippen molar-refractivity contribution in [2.24, 2.45) is 11.8 Å². The summed E-state index contributed by atoms with van der Waals surface area (Å²) in [4.78, 5) is 44.0. The Morgan fingerprint density at radius 2 is 0.753 bits per heavy atom. The van der Waals surface area contributed by atoms with Crippen LogP contribution in [0.1, 0.15) is 330 Å². The summed E-state index contributed by atoms with van der Waals surface area (Å²) in [6, 6.07) is 0.161. The zero-order valence-corrected chi connectivity index (χ0v) is 49.8. The fourth-order valence-electron chi connectivity index (χ4n) is 10.6. The van der Waals surface area contributed by atoms with Crippen molar-refractivity contribution in [3.8, 4) is 0 Å². The average Bonchev–Trinajstić information content (AvgIpc) is 3.37. The van der Waals surface area contributed by atoms with E-state index in [2.05, 4.69) is 44.4 Å². The molecule has 3 unspecified atom stereocenters. The molecule has 0 aliphatic carbocycles. The van der Waals surface area contributed by atoms with Gasteiger partial charge in [-0.05, 0) is 96.7 Å². The Kier molecular flexibility index (Phi) is 51.0. The topological polar surface area (TPSA) is 76.1 Å². The van der Waals surface area contributed by atoms with Gasteiger partial charge in [-0.15, -0.1) is 0 Å². The molecule has 0 spiro atoms. The number of unbranched alkanes of at least 4 members (excludes halogenated alkanes) is 29. The van der Waals surface area contributed by atoms with Gasteiger partial charge in [0.1, 0.15) is 0 Å². The van der Waals surface area contributed by atoms with E-state index in [1.54, 1.807) is 0 Å². The third-order valence-corrected chi connectivity index (χ3v) is 15.5. The lowest BCUT2D eigenvalue weighted by Crippen LogP contribution is -2.41. The standard InChI is InChI=1S/C64H124F2N2O5/c1-8-13-18-23-26-27-30-39-49-60(50-40-31-32-41-52-62(70)72-56-58(45-35-21-16-11-4)47-37-28-24-19-14-9-2)68(61(69)51-44-54-67(6)7)55-43-34-33-42-53-64(65,66)63(71)73-57-59(46-36-22-17-12-5)48-38-29-25-20-15-10-3/h58-60H,8-57H2,1-7H3. The zero-order valence-electron chi connectivity index (χ0n) is 49.8. The van der Waals surface area contributed by atoms with E-state index >= 15 is 8.78 Å². The first-order valence-corrected chi connectivity index (χ1v) is 32.1. The highest BCUT2D eigenvalue weighted by molar-refractivity contribution is 5.77. The number of halogens is 2. The van der Waals surface area contributed by atoms with Crippen LogP contribution in [-0.4, -0.2) is 80.0 Å². The number of esters is 2. The molecular formula is C64H124F2N2O5. The van der Waals surface area contributed by atoms with Gasteiger partial charge < -0.3 is 19.3 Å². The first kappa shape index (κ1) is 71.2. The SMILES string of the molecule is CCCCCCCCCCC(CCCCCCC(=O)OCC(CCCCCC)CCCCCCCC)N(CCCCCCC(F)(F)C(=O)OCC(CCCCCC)CCCCCCCC)C(=O)CCCN(C)C. The van der Waals surface area contributed by atoms with Crippen LogP contribution in [-0.2, 0) is 23.9 Å². The molecule has 73 heavy (non-hydrogen) atoms. The maximum atomic E-state index is 15.2. The molecule has 0 aromatic heterocycles. The van der Waals surface area contributed by atoms with Gasteiger partial charge in [-0.2, -0.15) is 8.78 Å². The van der Waals surface area contributed by atoms with Gasteiger partial charge in [-0.3, -0.25) is 9.59 Å². The highest BCUT2D eigenvalue weighted by Gasteiger charge is 2.40. The minimum Gasteiger partial charge on any atom is -0.465 e. The summed E-state index contributed by atoms with van der Waals surface area (Å²) in [5, 5.41) is 0. The van der Waals surface area contributed by atoms with E-state index in [9.17, 15) is 14.4 Å². The van der Waals surface area contributed by atoms with Crippen molar-refractivity contribution in [1.82, 2.24) is 9.80 Å². The monoisotopic (exact) mass is 1040 g/mol. The summed E-state index contributed by atoms with van der Waals surface area (Å²) in [6.45, 7) is 13.3. The number of carbonyl (C=O) groups excluding carboxylic acids is 3. The quantitative estimate of drug-likeness (QED) is 0.0446. The molecule has 0 aliphatic heterocycles. The first-order chi connectivity index (χ1) is 35.4. The number of rotatable bonds is 57. The second-order valence-electron chi connectivity index (χ2n) is 23.1. The van der Waals surface area contributed by atoms with Crippen LogP contribution in [0.4, 0.5) is 8.78 Å². The molecule has 0 bridgehead atoms. The molecule has 7 nitrogen and oxygen atoms in total. The highest BCUT2D eigenvalue weighted by Crippen LogP contribution is 2.28. The normalized spacial score (nSPS) is 13.1. The number of carbonyl (C=O) groups is 3. The van der Waals surface area contributed by atoms with Gasteiger partial charge in [0.25, 0.3) is 0 Å². The zero-order chi connectivity index (χ0) is 53.9. The Morgan fingerprint density at radius 3 is 1.19 bits per heavy atom. The van der Waals surface area contributed by atoms with E-state index in [0.717, 1.165) is 129 Å². The van der Waals surface area contributed by atoms with Crippen LogP contribution in [0.15, 0.2) is 0 Å². The van der Waals surface area contributed by atoms with Gasteiger partial charge in [0.05, 0.1) is 13.2 Å². The minimum absolute atomic E-state index is 0.0528. The lowest BCUT2D eigenvalue weighted by atomic mass is 9.95. The van der Waals surface area contributed by atoms with Crippen molar-refractivity contribution in [3.63, 3.8) is 0 Å². The fourth-order valence-corrected chi connectivity index (χ4v) is 10.6. The number of amides is 1. The number of nitrogens with zero attached hydrogens (tertiary/aromatic N) is 2. The van der Waals surface area contributed by atoms with Gasteiger partial charge in [-0.25, -0.2) is 4.79 Å². The molecule has 0 fully saturated rings. The summed E-state index contributed by atoms with van der Waals surface area (Å²) >= 11 is 0. The second-order valence-corrected chi connectivity index (χ2v) is 23.1. The maximum absolute atomic E-state index is 15.2. The molecule has 0 aromatic rings. The fraction of sp³-hybridized carbons (Fsp3) is 0.953. The summed E-state index contributed by atoms with van der Waals surface area (Å²) in [7, 11) is 4.09. The largest absolute Gasteiger partial charge is 0.465 e. The Bertz CT molecular complexity index is 1220. The third kappa shape index (κ3) is 45.0. The van der Waals surface area contributed by atoms with Crippen LogP contribution in [0.5, 0.6) is 0 Å². The Balaban J connectivity index is 5.40. The van der Waals surface area contributed by atoms with E-state index in [4.69, 9.17) is 9.47 Å². The molecule has 0 heterocycles.